The molecule has 6 heteroatoms. The Morgan fingerprint density at radius 1 is 1.11 bits per heavy atom. The van der Waals surface area contributed by atoms with Crippen molar-refractivity contribution < 1.29 is 13.2 Å². The summed E-state index contributed by atoms with van der Waals surface area (Å²) in [6, 6.07) is 0.0801. The van der Waals surface area contributed by atoms with Crippen molar-refractivity contribution >= 4 is 16.0 Å². The molecule has 0 amide bonds. The Morgan fingerprint density at radius 2 is 1.84 bits per heavy atom. The van der Waals surface area contributed by atoms with Crippen molar-refractivity contribution in [2.24, 2.45) is 5.92 Å². The van der Waals surface area contributed by atoms with E-state index in [-0.39, 0.29) is 17.7 Å². The number of nitrogens with zero attached hydrogens (tertiary/aromatic N) is 2. The summed E-state index contributed by atoms with van der Waals surface area (Å²) in [5, 5.41) is 0. The van der Waals surface area contributed by atoms with Crippen LogP contribution in [0.5, 0.6) is 0 Å². The number of Topliss-reactive ketones (excluding diaryl/α,β-unsaturated/α-hetero) is 1. The summed E-state index contributed by atoms with van der Waals surface area (Å²) >= 11 is 0. The van der Waals surface area contributed by atoms with Gasteiger partial charge in [0.15, 0.2) is 0 Å². The molecular weight excluding hydrogens is 264 g/mol. The number of carbonyl (C=O) groups is 1. The van der Waals surface area contributed by atoms with Crippen LogP contribution in [0.15, 0.2) is 0 Å². The van der Waals surface area contributed by atoms with Gasteiger partial charge >= 0.3 is 0 Å². The Bertz CT molecular complexity index is 435. The maximum atomic E-state index is 12.7. The molecule has 0 radical (unpaired) electrons. The first kappa shape index (κ1) is 14.9. The number of carbonyl (C=O) groups excluding carboxylic acids is 1. The van der Waals surface area contributed by atoms with Gasteiger partial charge < -0.3 is 0 Å². The van der Waals surface area contributed by atoms with E-state index in [0.29, 0.717) is 19.6 Å². The molecule has 0 spiro atoms. The quantitative estimate of drug-likeness (QED) is 0.789. The van der Waals surface area contributed by atoms with E-state index < -0.39 is 10.2 Å². The molecule has 2 heterocycles. The van der Waals surface area contributed by atoms with Crippen molar-refractivity contribution in [2.45, 2.75) is 52.0 Å². The molecule has 5 nitrogen and oxygen atoms in total. The molecule has 110 valence electrons. The van der Waals surface area contributed by atoms with Crippen molar-refractivity contribution in [3.8, 4) is 0 Å². The zero-order valence-electron chi connectivity index (χ0n) is 11.8. The first-order chi connectivity index (χ1) is 8.93. The maximum absolute atomic E-state index is 12.7. The van der Waals surface area contributed by atoms with Crippen LogP contribution < -0.4 is 0 Å². The second kappa shape index (κ2) is 5.89. The van der Waals surface area contributed by atoms with Crippen LogP contribution in [0.1, 0.15) is 46.0 Å². The Morgan fingerprint density at radius 3 is 2.47 bits per heavy atom. The fourth-order valence-electron chi connectivity index (χ4n) is 3.05. The minimum Gasteiger partial charge on any atom is -0.300 e. The molecule has 19 heavy (non-hydrogen) atoms. The molecule has 0 bridgehead atoms. The third-order valence-corrected chi connectivity index (χ3v) is 6.44. The molecule has 0 aliphatic carbocycles. The lowest BCUT2D eigenvalue weighted by molar-refractivity contribution is -0.121. The number of ketones is 1. The Balaban J connectivity index is 2.12. The fourth-order valence-corrected chi connectivity index (χ4v) is 4.99. The number of rotatable bonds is 3. The third kappa shape index (κ3) is 3.17. The lowest BCUT2D eigenvalue weighted by Gasteiger charge is -2.39. The topological polar surface area (TPSA) is 57.7 Å². The summed E-state index contributed by atoms with van der Waals surface area (Å²) in [4.78, 5) is 11.5. The van der Waals surface area contributed by atoms with Gasteiger partial charge in [-0.3, -0.25) is 4.79 Å². The number of hydrogen-bond donors (Lipinski definition) is 0. The molecule has 2 rings (SSSR count). The average Bonchev–Trinajstić information content (AvgIpc) is 2.39. The van der Waals surface area contributed by atoms with Crippen molar-refractivity contribution in [2.75, 3.05) is 19.6 Å². The summed E-state index contributed by atoms with van der Waals surface area (Å²) in [5.41, 5.74) is 0. The Labute approximate surface area is 116 Å². The molecule has 0 saturated carbocycles. The zero-order valence-corrected chi connectivity index (χ0v) is 12.7. The van der Waals surface area contributed by atoms with Gasteiger partial charge in [-0.25, -0.2) is 0 Å². The van der Waals surface area contributed by atoms with E-state index in [0.717, 1.165) is 32.1 Å². The minimum absolute atomic E-state index is 0.0801. The van der Waals surface area contributed by atoms with Crippen LogP contribution in [0.25, 0.3) is 0 Å². The molecule has 0 aromatic heterocycles. The van der Waals surface area contributed by atoms with E-state index in [1.807, 2.05) is 6.92 Å². The largest absolute Gasteiger partial charge is 0.300 e. The van der Waals surface area contributed by atoms with Crippen LogP contribution in [-0.2, 0) is 15.0 Å². The highest BCUT2D eigenvalue weighted by Crippen LogP contribution is 2.26. The van der Waals surface area contributed by atoms with Crippen molar-refractivity contribution in [3.05, 3.63) is 0 Å². The van der Waals surface area contributed by atoms with Crippen LogP contribution in [0.3, 0.4) is 0 Å². The highest BCUT2D eigenvalue weighted by Gasteiger charge is 2.37. The molecule has 2 saturated heterocycles. The summed E-state index contributed by atoms with van der Waals surface area (Å²) < 4.78 is 28.5. The highest BCUT2D eigenvalue weighted by molar-refractivity contribution is 7.86. The van der Waals surface area contributed by atoms with Crippen LogP contribution in [0.4, 0.5) is 0 Å². The van der Waals surface area contributed by atoms with E-state index in [9.17, 15) is 13.2 Å². The molecular formula is C13H24N2O3S. The molecule has 0 aromatic rings. The van der Waals surface area contributed by atoms with Gasteiger partial charge in [-0.15, -0.1) is 0 Å². The molecule has 2 aliphatic rings. The molecule has 2 fully saturated rings. The predicted octanol–water partition coefficient (Wildman–Crippen LogP) is 1.41. The van der Waals surface area contributed by atoms with Gasteiger partial charge in [0.2, 0.25) is 0 Å². The SMILES string of the molecule is CC(=O)C1CCCN(S(=O)(=O)N2CCCCC2C)C1. The molecule has 0 aromatic carbocycles. The van der Waals surface area contributed by atoms with E-state index in [2.05, 4.69) is 0 Å². The van der Waals surface area contributed by atoms with Crippen LogP contribution in [-0.4, -0.2) is 48.5 Å². The normalized spacial score (nSPS) is 31.3. The third-order valence-electron chi connectivity index (χ3n) is 4.32. The van der Waals surface area contributed by atoms with Gasteiger partial charge in [0.05, 0.1) is 0 Å². The standard InChI is InChI=1S/C13H24N2O3S/c1-11-6-3-4-9-15(11)19(17,18)14-8-5-7-13(10-14)12(2)16/h11,13H,3-10H2,1-2H3. The van der Waals surface area contributed by atoms with Crippen LogP contribution in [0, 0.1) is 5.92 Å². The van der Waals surface area contributed by atoms with E-state index in [4.69, 9.17) is 0 Å². The first-order valence-corrected chi connectivity index (χ1v) is 8.60. The van der Waals surface area contributed by atoms with Crippen LogP contribution in [0.2, 0.25) is 0 Å². The van der Waals surface area contributed by atoms with Gasteiger partial charge in [-0.1, -0.05) is 6.42 Å². The first-order valence-electron chi connectivity index (χ1n) is 7.20. The van der Waals surface area contributed by atoms with E-state index in [1.165, 1.54) is 4.31 Å². The van der Waals surface area contributed by atoms with Crippen molar-refractivity contribution in [1.29, 1.82) is 0 Å². The van der Waals surface area contributed by atoms with Gasteiger partial charge in [-0.2, -0.15) is 17.0 Å². The van der Waals surface area contributed by atoms with Gasteiger partial charge in [0, 0.05) is 31.6 Å². The van der Waals surface area contributed by atoms with Gasteiger partial charge in [-0.05, 0) is 39.5 Å². The molecule has 0 N–H and O–H groups in total. The number of piperidine rings is 2. The molecule has 2 atom stereocenters. The maximum Gasteiger partial charge on any atom is 0.282 e. The second-order valence-electron chi connectivity index (χ2n) is 5.77. The highest BCUT2D eigenvalue weighted by atomic mass is 32.2. The molecule has 2 unspecified atom stereocenters. The van der Waals surface area contributed by atoms with Crippen LogP contribution >= 0.6 is 0 Å². The van der Waals surface area contributed by atoms with E-state index in [1.54, 1.807) is 11.2 Å². The lowest BCUT2D eigenvalue weighted by Crippen LogP contribution is -2.52. The summed E-state index contributed by atoms with van der Waals surface area (Å²) in [7, 11) is -3.39. The van der Waals surface area contributed by atoms with Crippen molar-refractivity contribution in [3.63, 3.8) is 0 Å². The van der Waals surface area contributed by atoms with E-state index >= 15 is 0 Å². The Kier molecular flexibility index (Phi) is 4.63. The average molecular weight is 288 g/mol. The molecule has 2 aliphatic heterocycles. The minimum atomic E-state index is -3.39. The zero-order chi connectivity index (χ0) is 14.0. The monoisotopic (exact) mass is 288 g/mol. The lowest BCUT2D eigenvalue weighted by atomic mass is 9.96. The summed E-state index contributed by atoms with van der Waals surface area (Å²) in [6.07, 6.45) is 4.57. The smallest absolute Gasteiger partial charge is 0.282 e. The summed E-state index contributed by atoms with van der Waals surface area (Å²) in [5.74, 6) is -0.0183. The van der Waals surface area contributed by atoms with Gasteiger partial charge in [0.25, 0.3) is 10.2 Å². The Hall–Kier alpha value is -0.460. The number of hydrogen-bond acceptors (Lipinski definition) is 3. The van der Waals surface area contributed by atoms with Crippen molar-refractivity contribution in [1.82, 2.24) is 8.61 Å². The second-order valence-corrected chi connectivity index (χ2v) is 7.65. The summed E-state index contributed by atoms with van der Waals surface area (Å²) in [6.45, 7) is 5.06. The van der Waals surface area contributed by atoms with Gasteiger partial charge in [0.1, 0.15) is 5.78 Å². The fraction of sp³-hybridized carbons (Fsp3) is 0.923. The predicted molar refractivity (Wildman–Crippen MR) is 73.9 cm³/mol.